The van der Waals surface area contributed by atoms with Crippen LogP contribution in [-0.2, 0) is 20.6 Å². The van der Waals surface area contributed by atoms with E-state index in [1.54, 1.807) is 0 Å². The van der Waals surface area contributed by atoms with Crippen molar-refractivity contribution < 1.29 is 18.8 Å². The van der Waals surface area contributed by atoms with Gasteiger partial charge in [0, 0.05) is 13.0 Å². The smallest absolute Gasteiger partial charge is 0.407 e. The molecule has 0 aliphatic heterocycles. The third kappa shape index (κ3) is 11.4. The molecule has 2 amide bonds. The van der Waals surface area contributed by atoms with Crippen molar-refractivity contribution in [1.82, 2.24) is 10.6 Å². The zero-order valence-corrected chi connectivity index (χ0v) is 21.3. The summed E-state index contributed by atoms with van der Waals surface area (Å²) in [5.74, 6) is 0.0703. The van der Waals surface area contributed by atoms with Crippen LogP contribution in [0.15, 0.2) is 30.3 Å². The fraction of sp³-hybridized carbons (Fsp3) is 0.667. The molecule has 0 aliphatic carbocycles. The summed E-state index contributed by atoms with van der Waals surface area (Å²) < 4.78 is 11.4. The lowest BCUT2D eigenvalue weighted by molar-refractivity contribution is -0.122. The van der Waals surface area contributed by atoms with Gasteiger partial charge in [0.25, 0.3) is 0 Å². The number of hydrogen-bond donors (Lipinski definition) is 2. The summed E-state index contributed by atoms with van der Waals surface area (Å²) in [6.45, 7) is 14.6. The third-order valence-electron chi connectivity index (χ3n) is 5.87. The van der Waals surface area contributed by atoms with Gasteiger partial charge in [-0.1, -0.05) is 64.4 Å². The Bertz CT molecular complexity index is 659. The van der Waals surface area contributed by atoms with Gasteiger partial charge >= 0.3 is 6.09 Å². The molecule has 0 saturated carbocycles. The SMILES string of the molecule is CCC(CO[Si](C)(C)C(C)(C)C)NC(=O)CCCCCNC(=O)OCc1ccccc1. The van der Waals surface area contributed by atoms with Crippen molar-refractivity contribution in [3.05, 3.63) is 35.9 Å². The molecule has 1 rings (SSSR count). The van der Waals surface area contributed by atoms with E-state index in [1.165, 1.54) is 0 Å². The molecule has 0 radical (unpaired) electrons. The van der Waals surface area contributed by atoms with Gasteiger partial charge in [-0.3, -0.25) is 4.79 Å². The lowest BCUT2D eigenvalue weighted by Gasteiger charge is -2.37. The maximum atomic E-state index is 12.2. The zero-order valence-electron chi connectivity index (χ0n) is 20.3. The predicted octanol–water partition coefficient (Wildman–Crippen LogP) is 5.39. The molecular weight excluding hydrogens is 408 g/mol. The van der Waals surface area contributed by atoms with Crippen molar-refractivity contribution in [2.45, 2.75) is 90.6 Å². The highest BCUT2D eigenvalue weighted by Crippen LogP contribution is 2.36. The minimum atomic E-state index is -1.81. The summed E-state index contributed by atoms with van der Waals surface area (Å²) in [6.07, 6.45) is 3.44. The van der Waals surface area contributed by atoms with E-state index in [2.05, 4.69) is 51.4 Å². The van der Waals surface area contributed by atoms with Crippen LogP contribution >= 0.6 is 0 Å². The summed E-state index contributed by atoms with van der Waals surface area (Å²) in [5, 5.41) is 6.02. The fourth-order valence-corrected chi connectivity index (χ4v) is 3.69. The maximum absolute atomic E-state index is 12.2. The molecule has 1 unspecified atom stereocenters. The number of carbonyl (C=O) groups excluding carboxylic acids is 2. The maximum Gasteiger partial charge on any atom is 0.407 e. The van der Waals surface area contributed by atoms with Gasteiger partial charge in [-0.05, 0) is 43.0 Å². The molecule has 0 heterocycles. The molecule has 0 spiro atoms. The average molecular weight is 451 g/mol. The van der Waals surface area contributed by atoms with Gasteiger partial charge in [0.1, 0.15) is 6.61 Å². The minimum absolute atomic E-state index is 0.0580. The molecule has 0 fully saturated rings. The average Bonchev–Trinajstić information content (AvgIpc) is 2.72. The second-order valence-electron chi connectivity index (χ2n) is 9.54. The first-order chi connectivity index (χ1) is 14.5. The van der Waals surface area contributed by atoms with Crippen molar-refractivity contribution in [2.24, 2.45) is 0 Å². The standard InChI is InChI=1S/C24H42N2O4Si/c1-7-21(19-30-31(5,6)24(2,3)4)26-22(27)16-12-9-13-17-25-23(28)29-18-20-14-10-8-11-15-20/h8,10-11,14-15,21H,7,9,12-13,16-19H2,1-6H3,(H,25,28)(H,26,27). The normalized spacial score (nSPS) is 12.8. The largest absolute Gasteiger partial charge is 0.445 e. The second-order valence-corrected chi connectivity index (χ2v) is 14.4. The van der Waals surface area contributed by atoms with Crippen LogP contribution in [-0.4, -0.2) is 39.5 Å². The molecule has 1 atom stereocenters. The van der Waals surface area contributed by atoms with Gasteiger partial charge in [0.2, 0.25) is 5.91 Å². The number of rotatable bonds is 13. The van der Waals surface area contributed by atoms with Crippen LogP contribution in [0, 0.1) is 0 Å². The Labute approximate surface area is 189 Å². The molecule has 6 nitrogen and oxygen atoms in total. The van der Waals surface area contributed by atoms with Crippen molar-refractivity contribution in [3.63, 3.8) is 0 Å². The molecule has 0 saturated heterocycles. The van der Waals surface area contributed by atoms with Crippen LogP contribution in [0.25, 0.3) is 0 Å². The topological polar surface area (TPSA) is 76.7 Å². The lowest BCUT2D eigenvalue weighted by Crippen LogP contribution is -2.46. The number of alkyl carbamates (subject to hydrolysis) is 1. The first kappa shape index (κ1) is 27.2. The highest BCUT2D eigenvalue weighted by atomic mass is 28.4. The van der Waals surface area contributed by atoms with Gasteiger partial charge in [-0.15, -0.1) is 0 Å². The molecule has 31 heavy (non-hydrogen) atoms. The number of amides is 2. The van der Waals surface area contributed by atoms with Crippen molar-refractivity contribution in [3.8, 4) is 0 Å². The fourth-order valence-electron chi connectivity index (χ4n) is 2.64. The van der Waals surface area contributed by atoms with Gasteiger partial charge in [0.05, 0.1) is 12.6 Å². The van der Waals surface area contributed by atoms with Crippen LogP contribution in [0.5, 0.6) is 0 Å². The van der Waals surface area contributed by atoms with Gasteiger partial charge in [0.15, 0.2) is 8.32 Å². The van der Waals surface area contributed by atoms with Gasteiger partial charge in [-0.2, -0.15) is 0 Å². The monoisotopic (exact) mass is 450 g/mol. The predicted molar refractivity (Wildman–Crippen MR) is 128 cm³/mol. The van der Waals surface area contributed by atoms with E-state index < -0.39 is 14.4 Å². The Morgan fingerprint density at radius 3 is 2.35 bits per heavy atom. The Morgan fingerprint density at radius 2 is 1.74 bits per heavy atom. The summed E-state index contributed by atoms with van der Waals surface area (Å²) in [4.78, 5) is 23.9. The quantitative estimate of drug-likeness (QED) is 0.312. The Morgan fingerprint density at radius 1 is 1.06 bits per heavy atom. The number of hydrogen-bond acceptors (Lipinski definition) is 4. The first-order valence-electron chi connectivity index (χ1n) is 11.4. The summed E-state index contributed by atoms with van der Waals surface area (Å²) in [5.41, 5.74) is 0.962. The van der Waals surface area contributed by atoms with E-state index in [-0.39, 0.29) is 23.6 Å². The van der Waals surface area contributed by atoms with E-state index in [9.17, 15) is 9.59 Å². The van der Waals surface area contributed by atoms with Crippen LogP contribution in [0.1, 0.15) is 65.4 Å². The first-order valence-corrected chi connectivity index (χ1v) is 14.3. The van der Waals surface area contributed by atoms with Crippen LogP contribution < -0.4 is 10.6 Å². The van der Waals surface area contributed by atoms with Crippen molar-refractivity contribution >= 4 is 20.3 Å². The Hall–Kier alpha value is -1.86. The third-order valence-corrected chi connectivity index (χ3v) is 10.4. The van der Waals surface area contributed by atoms with E-state index in [0.29, 0.717) is 19.6 Å². The number of nitrogens with one attached hydrogen (secondary N) is 2. The Balaban J connectivity index is 2.13. The number of benzene rings is 1. The molecule has 0 aliphatic rings. The molecular formula is C24H42N2O4Si. The Kier molecular flexibility index (Phi) is 11.9. The molecule has 0 aromatic heterocycles. The summed E-state index contributed by atoms with van der Waals surface area (Å²) in [6, 6.07) is 9.65. The molecule has 176 valence electrons. The van der Waals surface area contributed by atoms with Gasteiger partial charge < -0.3 is 19.8 Å². The number of carbonyl (C=O) groups is 2. The summed E-state index contributed by atoms with van der Waals surface area (Å²) >= 11 is 0. The van der Waals surface area contributed by atoms with E-state index >= 15 is 0 Å². The highest BCUT2D eigenvalue weighted by Gasteiger charge is 2.37. The molecule has 1 aromatic carbocycles. The lowest BCUT2D eigenvalue weighted by atomic mass is 10.1. The zero-order chi connectivity index (χ0) is 23.3. The summed E-state index contributed by atoms with van der Waals surface area (Å²) in [7, 11) is -1.81. The number of unbranched alkanes of at least 4 members (excludes halogenated alkanes) is 2. The second kappa shape index (κ2) is 13.5. The van der Waals surface area contributed by atoms with Crippen LogP contribution in [0.4, 0.5) is 4.79 Å². The van der Waals surface area contributed by atoms with Crippen LogP contribution in [0.2, 0.25) is 18.1 Å². The highest BCUT2D eigenvalue weighted by molar-refractivity contribution is 6.74. The van der Waals surface area contributed by atoms with Crippen molar-refractivity contribution in [2.75, 3.05) is 13.2 Å². The molecule has 1 aromatic rings. The van der Waals surface area contributed by atoms with Crippen molar-refractivity contribution in [1.29, 1.82) is 0 Å². The molecule has 0 bridgehead atoms. The molecule has 2 N–H and O–H groups in total. The van der Waals surface area contributed by atoms with E-state index in [4.69, 9.17) is 9.16 Å². The van der Waals surface area contributed by atoms with E-state index in [0.717, 1.165) is 31.2 Å². The minimum Gasteiger partial charge on any atom is -0.445 e. The number of ether oxygens (including phenoxy) is 1. The van der Waals surface area contributed by atoms with E-state index in [1.807, 2.05) is 30.3 Å². The van der Waals surface area contributed by atoms with Crippen LogP contribution in [0.3, 0.4) is 0 Å². The molecule has 7 heteroatoms. The van der Waals surface area contributed by atoms with Gasteiger partial charge in [-0.25, -0.2) is 4.79 Å².